The zero-order valence-corrected chi connectivity index (χ0v) is 19.3. The first-order valence-corrected chi connectivity index (χ1v) is 11.2. The largest absolute Gasteiger partial charge is 0.460 e. The molecule has 186 valence electrons. The first kappa shape index (κ1) is 25.6. The van der Waals surface area contributed by atoms with Crippen molar-refractivity contribution >= 4 is 29.4 Å². The normalized spacial score (nSPS) is 16.7. The van der Waals surface area contributed by atoms with Crippen molar-refractivity contribution in [3.05, 3.63) is 65.7 Å². The third-order valence-electron chi connectivity index (χ3n) is 5.09. The molecule has 1 unspecified atom stereocenters. The van der Waals surface area contributed by atoms with Gasteiger partial charge in [0, 0.05) is 17.8 Å². The Morgan fingerprint density at radius 1 is 1.20 bits per heavy atom. The van der Waals surface area contributed by atoms with E-state index in [9.17, 15) is 18.8 Å². The van der Waals surface area contributed by atoms with Crippen LogP contribution in [0, 0.1) is 0 Å². The van der Waals surface area contributed by atoms with E-state index >= 15 is 0 Å². The zero-order valence-electron chi connectivity index (χ0n) is 19.3. The third-order valence-corrected chi connectivity index (χ3v) is 5.09. The maximum Gasteiger partial charge on any atom is 0.325 e. The quantitative estimate of drug-likeness (QED) is 0.329. The topological polar surface area (TPSA) is 147 Å². The van der Waals surface area contributed by atoms with Gasteiger partial charge in [-0.3, -0.25) is 14.4 Å². The van der Waals surface area contributed by atoms with Crippen molar-refractivity contribution in [2.45, 2.75) is 31.8 Å². The monoisotopic (exact) mass is 484 g/mol. The van der Waals surface area contributed by atoms with Crippen molar-refractivity contribution in [3.63, 3.8) is 0 Å². The predicted molar refractivity (Wildman–Crippen MR) is 129 cm³/mol. The number of nitrogens with one attached hydrogen (secondary N) is 4. The van der Waals surface area contributed by atoms with Gasteiger partial charge >= 0.3 is 5.97 Å². The number of anilines is 1. The zero-order chi connectivity index (χ0) is 25.2. The SMILES string of the molecule is C[C@@H](NC(=O)c1cccc(NC2=NCC(F)CN2)c1)C(=O)NC[C@H](N)C(=O)OCc1ccccc1. The lowest BCUT2D eigenvalue weighted by atomic mass is 10.1. The Morgan fingerprint density at radius 2 is 1.97 bits per heavy atom. The van der Waals surface area contributed by atoms with Crippen LogP contribution in [0.25, 0.3) is 0 Å². The average molecular weight is 485 g/mol. The molecule has 1 aliphatic rings. The van der Waals surface area contributed by atoms with Crippen molar-refractivity contribution < 1.29 is 23.5 Å². The summed E-state index contributed by atoms with van der Waals surface area (Å²) in [7, 11) is 0. The number of nitrogens with zero attached hydrogens (tertiary/aromatic N) is 1. The highest BCUT2D eigenvalue weighted by atomic mass is 19.1. The highest BCUT2D eigenvalue weighted by molar-refractivity contribution is 6.00. The van der Waals surface area contributed by atoms with Crippen LogP contribution in [0.3, 0.4) is 0 Å². The molecule has 1 aliphatic heterocycles. The van der Waals surface area contributed by atoms with E-state index in [0.717, 1.165) is 5.56 Å². The van der Waals surface area contributed by atoms with Crippen molar-refractivity contribution in [3.8, 4) is 0 Å². The second kappa shape index (κ2) is 12.5. The molecule has 0 radical (unpaired) electrons. The summed E-state index contributed by atoms with van der Waals surface area (Å²) in [6.07, 6.45) is -1.03. The van der Waals surface area contributed by atoms with Crippen LogP contribution < -0.4 is 27.0 Å². The van der Waals surface area contributed by atoms with Crippen molar-refractivity contribution in [1.29, 1.82) is 0 Å². The molecule has 0 aliphatic carbocycles. The number of halogens is 1. The number of rotatable bonds is 9. The van der Waals surface area contributed by atoms with Crippen LogP contribution >= 0.6 is 0 Å². The summed E-state index contributed by atoms with van der Waals surface area (Å²) in [6, 6.07) is 13.8. The lowest BCUT2D eigenvalue weighted by molar-refractivity contribution is -0.146. The van der Waals surface area contributed by atoms with Gasteiger partial charge in [-0.2, -0.15) is 0 Å². The highest BCUT2D eigenvalue weighted by Gasteiger charge is 2.21. The van der Waals surface area contributed by atoms with Gasteiger partial charge in [-0.1, -0.05) is 36.4 Å². The standard InChI is InChI=1S/C24H29FN6O4/c1-15(21(32)27-13-20(26)23(34)35-14-16-6-3-2-4-7-16)30-22(33)17-8-5-9-19(10-17)31-24-28-11-18(25)12-29-24/h2-10,15,18,20H,11-14,26H2,1H3,(H,27,32)(H,30,33)(H2,28,29,31)/t15-,20+/m1/s1. The summed E-state index contributed by atoms with van der Waals surface area (Å²) in [5, 5.41) is 11.0. The van der Waals surface area contributed by atoms with Crippen LogP contribution in [0.4, 0.5) is 10.1 Å². The molecular formula is C24H29FN6O4. The van der Waals surface area contributed by atoms with E-state index in [4.69, 9.17) is 10.5 Å². The molecule has 0 saturated heterocycles. The van der Waals surface area contributed by atoms with Gasteiger partial charge in [-0.25, -0.2) is 9.38 Å². The number of guanidine groups is 1. The number of ether oxygens (including phenoxy) is 1. The van der Waals surface area contributed by atoms with Gasteiger partial charge in [0.15, 0.2) is 5.96 Å². The summed E-state index contributed by atoms with van der Waals surface area (Å²) in [5.41, 5.74) is 7.52. The number of hydrogen-bond donors (Lipinski definition) is 5. The molecule has 11 heteroatoms. The Balaban J connectivity index is 1.44. The molecule has 0 aromatic heterocycles. The fraction of sp³-hybridized carbons (Fsp3) is 0.333. The number of benzene rings is 2. The van der Waals surface area contributed by atoms with Crippen LogP contribution in [0.5, 0.6) is 0 Å². The van der Waals surface area contributed by atoms with Crippen LogP contribution in [0.2, 0.25) is 0 Å². The second-order valence-corrected chi connectivity index (χ2v) is 8.01. The molecular weight excluding hydrogens is 455 g/mol. The molecule has 10 nitrogen and oxygen atoms in total. The van der Waals surface area contributed by atoms with E-state index in [2.05, 4.69) is 26.3 Å². The number of hydrogen-bond acceptors (Lipinski definition) is 8. The van der Waals surface area contributed by atoms with E-state index in [-0.39, 0.29) is 26.2 Å². The summed E-state index contributed by atoms with van der Waals surface area (Å²) in [6.45, 7) is 1.69. The molecule has 0 saturated carbocycles. The fourth-order valence-electron chi connectivity index (χ4n) is 3.11. The first-order valence-electron chi connectivity index (χ1n) is 11.2. The van der Waals surface area contributed by atoms with Gasteiger partial charge in [0.25, 0.3) is 5.91 Å². The third kappa shape index (κ3) is 8.07. The smallest absolute Gasteiger partial charge is 0.325 e. The van der Waals surface area contributed by atoms with Gasteiger partial charge in [0.05, 0.1) is 13.1 Å². The van der Waals surface area contributed by atoms with Crippen LogP contribution in [-0.2, 0) is 20.9 Å². The molecule has 2 aromatic carbocycles. The molecule has 6 N–H and O–H groups in total. The molecule has 1 heterocycles. The Kier molecular flexibility index (Phi) is 9.13. The number of nitrogens with two attached hydrogens (primary N) is 1. The van der Waals surface area contributed by atoms with Gasteiger partial charge in [0.2, 0.25) is 5.91 Å². The average Bonchev–Trinajstić information content (AvgIpc) is 2.87. The Bertz CT molecular complexity index is 1060. The van der Waals surface area contributed by atoms with Crippen molar-refractivity contribution in [2.75, 3.05) is 25.0 Å². The predicted octanol–water partition coefficient (Wildman–Crippen LogP) is 0.701. The number of carbonyl (C=O) groups is 3. The van der Waals surface area contributed by atoms with E-state index in [1.807, 2.05) is 30.3 Å². The van der Waals surface area contributed by atoms with Gasteiger partial charge in [0.1, 0.15) is 24.9 Å². The van der Waals surface area contributed by atoms with Crippen molar-refractivity contribution in [2.24, 2.45) is 10.7 Å². The van der Waals surface area contributed by atoms with Gasteiger partial charge in [-0.05, 0) is 30.7 Å². The Hall–Kier alpha value is -3.99. The van der Waals surface area contributed by atoms with Gasteiger partial charge < -0.3 is 31.7 Å². The van der Waals surface area contributed by atoms with Crippen molar-refractivity contribution in [1.82, 2.24) is 16.0 Å². The molecule has 2 amide bonds. The molecule has 3 rings (SSSR count). The minimum absolute atomic E-state index is 0.0660. The van der Waals surface area contributed by atoms with Gasteiger partial charge in [-0.15, -0.1) is 0 Å². The summed E-state index contributed by atoms with van der Waals surface area (Å²) in [5.74, 6) is -1.19. The fourth-order valence-corrected chi connectivity index (χ4v) is 3.11. The minimum atomic E-state index is -1.04. The van der Waals surface area contributed by atoms with E-state index in [1.165, 1.54) is 6.92 Å². The summed E-state index contributed by atoms with van der Waals surface area (Å²) in [4.78, 5) is 41.1. The van der Waals surface area contributed by atoms with E-state index < -0.39 is 36.0 Å². The number of esters is 1. The molecule has 35 heavy (non-hydrogen) atoms. The maximum absolute atomic E-state index is 13.2. The molecule has 0 bridgehead atoms. The highest BCUT2D eigenvalue weighted by Crippen LogP contribution is 2.12. The Labute approximate surface area is 202 Å². The number of aliphatic imine (C=N–C) groups is 1. The molecule has 0 fully saturated rings. The number of carbonyl (C=O) groups excluding carboxylic acids is 3. The summed E-state index contributed by atoms with van der Waals surface area (Å²) < 4.78 is 18.3. The first-order chi connectivity index (χ1) is 16.8. The second-order valence-electron chi connectivity index (χ2n) is 8.01. The summed E-state index contributed by atoms with van der Waals surface area (Å²) >= 11 is 0. The van der Waals surface area contributed by atoms with E-state index in [1.54, 1.807) is 24.3 Å². The minimum Gasteiger partial charge on any atom is -0.460 e. The van der Waals surface area contributed by atoms with Crippen LogP contribution in [0.1, 0.15) is 22.8 Å². The maximum atomic E-state index is 13.2. The number of alkyl halides is 1. The molecule has 0 spiro atoms. The molecule has 2 aromatic rings. The molecule has 3 atom stereocenters. The van der Waals surface area contributed by atoms with Crippen LogP contribution in [-0.4, -0.2) is 61.6 Å². The van der Waals surface area contributed by atoms with Crippen LogP contribution in [0.15, 0.2) is 59.6 Å². The van der Waals surface area contributed by atoms with E-state index in [0.29, 0.717) is 17.2 Å². The lowest BCUT2D eigenvalue weighted by Crippen LogP contribution is -2.49. The Morgan fingerprint density at radius 3 is 2.69 bits per heavy atom. The number of amides is 2. The lowest BCUT2D eigenvalue weighted by Gasteiger charge is -2.19.